The summed E-state index contributed by atoms with van der Waals surface area (Å²) in [5, 5.41) is 20.0. The highest BCUT2D eigenvalue weighted by Gasteiger charge is 2.33. The van der Waals surface area contributed by atoms with E-state index < -0.39 is 40.4 Å². The predicted octanol–water partition coefficient (Wildman–Crippen LogP) is 1.77. The Labute approximate surface area is 246 Å². The lowest BCUT2D eigenvalue weighted by Crippen LogP contribution is -2.52. The summed E-state index contributed by atoms with van der Waals surface area (Å²) in [5.74, 6) is -2.23. The van der Waals surface area contributed by atoms with Gasteiger partial charge in [0.1, 0.15) is 23.7 Å². The normalized spacial score (nSPS) is 15.0. The highest BCUT2D eigenvalue weighted by molar-refractivity contribution is 7.89. The molecule has 42 heavy (non-hydrogen) atoms. The van der Waals surface area contributed by atoms with Crippen LogP contribution in [0.1, 0.15) is 53.5 Å². The number of nitrogens with one attached hydrogen (secondary N) is 3. The van der Waals surface area contributed by atoms with E-state index in [1.54, 1.807) is 56.0 Å². The van der Waals surface area contributed by atoms with Crippen molar-refractivity contribution in [1.82, 2.24) is 14.9 Å². The number of aliphatic carboxylic acids is 1. The lowest BCUT2D eigenvalue weighted by molar-refractivity contribution is -0.141. The van der Waals surface area contributed by atoms with Crippen molar-refractivity contribution in [2.45, 2.75) is 69.9 Å². The fraction of sp³-hybridized carbons (Fsp3) is 0.448. The fourth-order valence-electron chi connectivity index (χ4n) is 5.10. The second-order valence-corrected chi connectivity index (χ2v) is 12.2. The first-order valence-electron chi connectivity index (χ1n) is 13.7. The number of likely N-dealkylation sites (tertiary alicyclic amines) is 1. The molecule has 0 aromatic heterocycles. The van der Waals surface area contributed by atoms with Crippen LogP contribution in [-0.2, 0) is 30.8 Å². The first-order chi connectivity index (χ1) is 19.7. The van der Waals surface area contributed by atoms with E-state index in [0.29, 0.717) is 46.7 Å². The first-order valence-corrected chi connectivity index (χ1v) is 15.1. The molecule has 1 saturated heterocycles. The van der Waals surface area contributed by atoms with Gasteiger partial charge in [-0.2, -0.15) is 4.72 Å². The second kappa shape index (κ2) is 13.8. The van der Waals surface area contributed by atoms with Gasteiger partial charge in [-0.1, -0.05) is 24.3 Å². The highest BCUT2D eigenvalue weighted by atomic mass is 32.2. The molecule has 2 amide bonds. The van der Waals surface area contributed by atoms with Crippen LogP contribution in [0.4, 0.5) is 0 Å². The Hall–Kier alpha value is -3.97. The van der Waals surface area contributed by atoms with Crippen molar-refractivity contribution in [3.8, 4) is 5.75 Å². The van der Waals surface area contributed by atoms with Gasteiger partial charge in [-0.25, -0.2) is 8.42 Å². The number of amides is 2. The number of nitrogens with two attached hydrogens (primary N) is 1. The average Bonchev–Trinajstić information content (AvgIpc) is 2.94. The number of carboxylic acids is 1. The van der Waals surface area contributed by atoms with Crippen molar-refractivity contribution in [2.75, 3.05) is 20.2 Å². The van der Waals surface area contributed by atoms with Gasteiger partial charge in [0.2, 0.25) is 21.8 Å². The number of ether oxygens (including phenoxy) is 1. The van der Waals surface area contributed by atoms with Gasteiger partial charge in [0.25, 0.3) is 0 Å². The summed E-state index contributed by atoms with van der Waals surface area (Å²) in [6.45, 7) is 5.97. The summed E-state index contributed by atoms with van der Waals surface area (Å²) in [6, 6.07) is 5.46. The monoisotopic (exact) mass is 601 g/mol. The summed E-state index contributed by atoms with van der Waals surface area (Å²) < 4.78 is 34.1. The van der Waals surface area contributed by atoms with Crippen LogP contribution in [0.25, 0.3) is 0 Å². The number of rotatable bonds is 12. The number of carboxylic acid groups (broad SMARTS) is 1. The Bertz CT molecular complexity index is 1450. The van der Waals surface area contributed by atoms with E-state index in [-0.39, 0.29) is 23.1 Å². The van der Waals surface area contributed by atoms with Gasteiger partial charge in [0.05, 0.1) is 18.4 Å². The van der Waals surface area contributed by atoms with Gasteiger partial charge in [-0.05, 0) is 68.4 Å². The summed E-state index contributed by atoms with van der Waals surface area (Å²) in [6.07, 6.45) is 2.07. The van der Waals surface area contributed by atoms with E-state index >= 15 is 0 Å². The number of piperidine rings is 1. The molecule has 2 atom stereocenters. The molecule has 1 heterocycles. The standard InChI is InChI=1S/C29H39N5O7S/c1-17-14-24(41-4)18(2)19(3)26(17)42(39,40)33-23(29(37)38)16-25(35)32-22(28(36)34-12-6-5-7-13-34)15-20-8-10-21(11-9-20)27(30)31/h8-11,14,22-23,33H,5-7,12-13,15-16H2,1-4H3,(H3,30,31)(H,32,35)(H,37,38)/t22-,23+/m1/s1. The molecule has 2 aromatic rings. The lowest BCUT2D eigenvalue weighted by Gasteiger charge is -2.31. The number of benzene rings is 2. The molecule has 0 unspecified atom stereocenters. The summed E-state index contributed by atoms with van der Waals surface area (Å²) in [4.78, 5) is 40.3. The van der Waals surface area contributed by atoms with E-state index in [1.807, 2.05) is 0 Å². The number of hydrogen-bond donors (Lipinski definition) is 5. The Morgan fingerprint density at radius 1 is 1.05 bits per heavy atom. The van der Waals surface area contributed by atoms with Crippen molar-refractivity contribution >= 4 is 33.6 Å². The zero-order valence-corrected chi connectivity index (χ0v) is 25.1. The maximum Gasteiger partial charge on any atom is 0.322 e. The molecule has 13 heteroatoms. The predicted molar refractivity (Wildman–Crippen MR) is 157 cm³/mol. The van der Waals surface area contributed by atoms with Crippen LogP contribution < -0.4 is 20.5 Å². The van der Waals surface area contributed by atoms with Crippen molar-refractivity contribution in [3.63, 3.8) is 0 Å². The molecule has 228 valence electrons. The summed E-state index contributed by atoms with van der Waals surface area (Å²) in [7, 11) is -2.88. The molecule has 3 rings (SSSR count). The molecule has 12 nitrogen and oxygen atoms in total. The third kappa shape index (κ3) is 7.85. The lowest BCUT2D eigenvalue weighted by atomic mass is 10.0. The van der Waals surface area contributed by atoms with Crippen molar-refractivity contribution in [2.24, 2.45) is 5.73 Å². The fourth-order valence-corrected chi connectivity index (χ4v) is 6.82. The summed E-state index contributed by atoms with van der Waals surface area (Å²) >= 11 is 0. The molecule has 0 saturated carbocycles. The molecule has 2 aromatic carbocycles. The van der Waals surface area contributed by atoms with E-state index in [4.69, 9.17) is 15.9 Å². The topological polar surface area (TPSA) is 192 Å². The molecule has 6 N–H and O–H groups in total. The molecular formula is C29H39N5O7S. The Kier molecular flexibility index (Phi) is 10.7. The number of methoxy groups -OCH3 is 1. The van der Waals surface area contributed by atoms with E-state index in [1.165, 1.54) is 7.11 Å². The molecule has 0 spiro atoms. The minimum absolute atomic E-state index is 0.0837. The maximum atomic E-state index is 13.4. The third-order valence-corrected chi connectivity index (χ3v) is 9.22. The Balaban J connectivity index is 1.82. The maximum absolute atomic E-state index is 13.4. The van der Waals surface area contributed by atoms with Crippen molar-refractivity contribution in [1.29, 1.82) is 5.41 Å². The van der Waals surface area contributed by atoms with Crippen LogP contribution in [0.3, 0.4) is 0 Å². The largest absolute Gasteiger partial charge is 0.496 e. The van der Waals surface area contributed by atoms with Crippen LogP contribution in [-0.4, -0.2) is 74.3 Å². The quantitative estimate of drug-likeness (QED) is 0.179. The van der Waals surface area contributed by atoms with Gasteiger partial charge in [-0.15, -0.1) is 0 Å². The zero-order valence-electron chi connectivity index (χ0n) is 24.3. The van der Waals surface area contributed by atoms with Gasteiger partial charge >= 0.3 is 5.97 Å². The zero-order chi connectivity index (χ0) is 31.2. The number of carbonyl (C=O) groups is 3. The highest BCUT2D eigenvalue weighted by Crippen LogP contribution is 2.30. The molecule has 0 radical (unpaired) electrons. The molecule has 1 aliphatic heterocycles. The number of nitrogen functional groups attached to an aromatic ring is 1. The van der Waals surface area contributed by atoms with Crippen LogP contribution in [0.15, 0.2) is 35.2 Å². The molecule has 0 aliphatic carbocycles. The second-order valence-electron chi connectivity index (χ2n) is 10.5. The molecule has 1 fully saturated rings. The number of amidine groups is 1. The van der Waals surface area contributed by atoms with Crippen molar-refractivity contribution < 1.29 is 32.6 Å². The molecular weight excluding hydrogens is 562 g/mol. The SMILES string of the molecule is COc1cc(C)c(S(=O)(=O)N[C@@H](CC(=O)N[C@H](Cc2ccc(C(=N)N)cc2)C(=O)N2CCCCC2)C(=O)O)c(C)c1C. The van der Waals surface area contributed by atoms with Gasteiger partial charge in [0, 0.05) is 25.1 Å². The minimum Gasteiger partial charge on any atom is -0.496 e. The average molecular weight is 602 g/mol. The number of sulfonamides is 1. The van der Waals surface area contributed by atoms with E-state index in [0.717, 1.165) is 19.3 Å². The molecule has 1 aliphatic rings. The number of hydrogen-bond acceptors (Lipinski definition) is 7. The summed E-state index contributed by atoms with van der Waals surface area (Å²) in [5.41, 5.74) is 8.08. The minimum atomic E-state index is -4.35. The van der Waals surface area contributed by atoms with E-state index in [9.17, 15) is 27.9 Å². The van der Waals surface area contributed by atoms with Crippen LogP contribution >= 0.6 is 0 Å². The third-order valence-electron chi connectivity index (χ3n) is 7.46. The van der Waals surface area contributed by atoms with Gasteiger partial charge in [0.15, 0.2) is 0 Å². The Morgan fingerprint density at radius 3 is 2.21 bits per heavy atom. The smallest absolute Gasteiger partial charge is 0.322 e. The van der Waals surface area contributed by atoms with Gasteiger partial charge < -0.3 is 25.8 Å². The van der Waals surface area contributed by atoms with E-state index in [2.05, 4.69) is 10.0 Å². The van der Waals surface area contributed by atoms with Crippen LogP contribution in [0.2, 0.25) is 0 Å². The molecule has 0 bridgehead atoms. The van der Waals surface area contributed by atoms with Crippen LogP contribution in [0, 0.1) is 26.2 Å². The van der Waals surface area contributed by atoms with Crippen molar-refractivity contribution in [3.05, 3.63) is 58.1 Å². The number of carbonyl (C=O) groups excluding carboxylic acids is 2. The number of aryl methyl sites for hydroxylation is 1. The van der Waals surface area contributed by atoms with Crippen LogP contribution in [0.5, 0.6) is 5.75 Å². The van der Waals surface area contributed by atoms with Gasteiger partial charge in [-0.3, -0.25) is 19.8 Å². The number of nitrogens with zero attached hydrogens (tertiary/aromatic N) is 1. The Morgan fingerprint density at radius 2 is 1.67 bits per heavy atom. The first kappa shape index (κ1) is 32.5.